The van der Waals surface area contributed by atoms with Crippen molar-refractivity contribution in [3.63, 3.8) is 0 Å². The van der Waals surface area contributed by atoms with E-state index >= 15 is 0 Å². The summed E-state index contributed by atoms with van der Waals surface area (Å²) < 4.78 is 34.3. The van der Waals surface area contributed by atoms with Gasteiger partial charge in [0.05, 0.1) is 26.4 Å². The lowest BCUT2D eigenvalue weighted by Crippen LogP contribution is -2.61. The lowest BCUT2D eigenvalue weighted by Gasteiger charge is -2.42. The van der Waals surface area contributed by atoms with Gasteiger partial charge in [0.2, 0.25) is 0 Å². The van der Waals surface area contributed by atoms with Gasteiger partial charge in [-0.15, -0.1) is 0 Å². The van der Waals surface area contributed by atoms with Crippen molar-refractivity contribution >= 4 is 5.97 Å². The highest BCUT2D eigenvalue weighted by Crippen LogP contribution is 2.26. The number of allylic oxidation sites excluding steroid dienone is 8. The molecule has 0 amide bonds. The van der Waals surface area contributed by atoms with Crippen LogP contribution in [-0.2, 0) is 33.2 Å². The molecule has 0 bridgehead atoms. The van der Waals surface area contributed by atoms with Gasteiger partial charge in [0.25, 0.3) is 0 Å². The Balaban J connectivity index is 1.76. The smallest absolute Gasteiger partial charge is 0.306 e. The summed E-state index contributed by atoms with van der Waals surface area (Å²) in [5, 5.41) is 72.2. The molecule has 7 N–H and O–H groups in total. The molecule has 0 aromatic rings. The predicted octanol–water partition coefficient (Wildman–Crippen LogP) is 8.35. The van der Waals surface area contributed by atoms with E-state index in [1.165, 1.54) is 83.5 Å². The van der Waals surface area contributed by atoms with Crippen LogP contribution in [0.5, 0.6) is 0 Å². The quantitative estimate of drug-likeness (QED) is 0.0174. The Bertz CT molecular complexity index is 1310. The third kappa shape index (κ3) is 28.7. The highest BCUT2D eigenvalue weighted by atomic mass is 16.7. The molecule has 0 aromatic carbocycles. The van der Waals surface area contributed by atoms with Crippen molar-refractivity contribution in [1.82, 2.24) is 0 Å². The van der Waals surface area contributed by atoms with Gasteiger partial charge in [-0.3, -0.25) is 4.79 Å². The van der Waals surface area contributed by atoms with Crippen LogP contribution in [0.15, 0.2) is 48.6 Å². The molecule has 2 aliphatic rings. The van der Waals surface area contributed by atoms with E-state index in [2.05, 4.69) is 62.5 Å². The summed E-state index contributed by atoms with van der Waals surface area (Å²) in [6.45, 7) is 3.55. The fraction of sp³-hybridized carbons (Fsp3) is 0.833. The first-order chi connectivity index (χ1) is 33.1. The third-order valence-corrected chi connectivity index (χ3v) is 12.6. The van der Waals surface area contributed by atoms with Crippen molar-refractivity contribution in [1.29, 1.82) is 0 Å². The molecule has 2 aliphatic heterocycles. The first kappa shape index (κ1) is 62.1. The van der Waals surface area contributed by atoms with Gasteiger partial charge in [0.15, 0.2) is 12.6 Å². The van der Waals surface area contributed by atoms with Crippen molar-refractivity contribution in [2.24, 2.45) is 0 Å². The summed E-state index contributed by atoms with van der Waals surface area (Å²) >= 11 is 0. The lowest BCUT2D eigenvalue weighted by molar-refractivity contribution is -0.332. The minimum atomic E-state index is -1.71. The molecule has 2 fully saturated rings. The molecular formula is C54H96O14. The Morgan fingerprint density at radius 3 is 1.51 bits per heavy atom. The van der Waals surface area contributed by atoms with Gasteiger partial charge in [0, 0.05) is 13.0 Å². The van der Waals surface area contributed by atoms with Crippen LogP contribution in [0.4, 0.5) is 0 Å². The van der Waals surface area contributed by atoms with Gasteiger partial charge in [0.1, 0.15) is 54.9 Å². The standard InChI is InChI=1S/C54H96O14/c1-3-5-7-9-11-13-15-17-19-21-23-25-27-29-31-33-35-37-46(56)66-43(40-63-38-36-34-32-30-28-26-24-22-20-18-16-14-12-10-8-6-4-2)41-64-53-52(62)50(60)48(58)45(68-53)42-65-54-51(61)49(59)47(57)44(39-55)67-54/h5,7,11,13,17,19-20,22,43-45,47-55,57-62H,3-4,6,8-10,12,14-16,18,21,23-42H2,1-2H3/b7-5-,13-11-,19-17-,22-20-. The summed E-state index contributed by atoms with van der Waals surface area (Å²) in [6, 6.07) is 0. The number of ether oxygens (including phenoxy) is 6. The molecule has 0 aromatic heterocycles. The van der Waals surface area contributed by atoms with Gasteiger partial charge in [-0.2, -0.15) is 0 Å². The molecule has 0 spiro atoms. The van der Waals surface area contributed by atoms with E-state index < -0.39 is 80.7 Å². The van der Waals surface area contributed by atoms with Gasteiger partial charge < -0.3 is 64.2 Å². The fourth-order valence-electron chi connectivity index (χ4n) is 8.24. The zero-order chi connectivity index (χ0) is 49.5. The molecule has 2 saturated heterocycles. The maximum absolute atomic E-state index is 13.0. The van der Waals surface area contributed by atoms with Crippen LogP contribution in [0.2, 0.25) is 0 Å². The van der Waals surface area contributed by atoms with Gasteiger partial charge in [-0.05, 0) is 70.6 Å². The van der Waals surface area contributed by atoms with Crippen LogP contribution in [0.25, 0.3) is 0 Å². The Morgan fingerprint density at radius 1 is 0.500 bits per heavy atom. The van der Waals surface area contributed by atoms with E-state index in [0.29, 0.717) is 13.0 Å². The predicted molar refractivity (Wildman–Crippen MR) is 266 cm³/mol. The minimum Gasteiger partial charge on any atom is -0.457 e. The van der Waals surface area contributed by atoms with Crippen molar-refractivity contribution < 1.29 is 69.0 Å². The first-order valence-electron chi connectivity index (χ1n) is 26.7. The molecule has 2 heterocycles. The largest absolute Gasteiger partial charge is 0.457 e. The second-order valence-corrected chi connectivity index (χ2v) is 18.7. The number of aliphatic hydroxyl groups is 7. The number of unbranched alkanes of at least 4 members (excludes halogenated alkanes) is 20. The average molecular weight is 969 g/mol. The van der Waals surface area contributed by atoms with E-state index in [4.69, 9.17) is 28.4 Å². The SMILES string of the molecule is CC/C=C\C/C=C\C/C=C\CCCCCCCCCC(=O)OC(COCCCCCCCC/C=C\CCCCCCCCC)COC1OC(COC2OC(CO)C(O)C(O)C2O)C(O)C(O)C1O. The summed E-state index contributed by atoms with van der Waals surface area (Å²) in [4.78, 5) is 13.0. The van der Waals surface area contributed by atoms with Crippen molar-refractivity contribution in [2.75, 3.05) is 33.0 Å². The number of esters is 1. The normalized spacial score (nSPS) is 26.2. The zero-order valence-corrected chi connectivity index (χ0v) is 42.1. The molecule has 0 radical (unpaired) electrons. The number of rotatable bonds is 42. The fourth-order valence-corrected chi connectivity index (χ4v) is 8.24. The molecule has 0 saturated carbocycles. The molecule has 396 valence electrons. The van der Waals surface area contributed by atoms with Crippen molar-refractivity contribution in [3.05, 3.63) is 48.6 Å². The van der Waals surface area contributed by atoms with Crippen LogP contribution in [0, 0.1) is 0 Å². The van der Waals surface area contributed by atoms with E-state index in [9.17, 15) is 40.5 Å². The zero-order valence-electron chi connectivity index (χ0n) is 42.1. The molecule has 2 rings (SSSR count). The Hall–Kier alpha value is -2.05. The van der Waals surface area contributed by atoms with Gasteiger partial charge >= 0.3 is 5.97 Å². The lowest BCUT2D eigenvalue weighted by atomic mass is 9.98. The maximum atomic E-state index is 13.0. The average Bonchev–Trinajstić information content (AvgIpc) is 3.33. The summed E-state index contributed by atoms with van der Waals surface area (Å²) in [5.74, 6) is -0.389. The van der Waals surface area contributed by atoms with E-state index in [0.717, 1.165) is 77.0 Å². The first-order valence-corrected chi connectivity index (χ1v) is 26.7. The van der Waals surface area contributed by atoms with Crippen LogP contribution >= 0.6 is 0 Å². The molecule has 11 unspecified atom stereocenters. The van der Waals surface area contributed by atoms with Crippen molar-refractivity contribution in [2.45, 2.75) is 255 Å². The number of hydrogen-bond donors (Lipinski definition) is 7. The van der Waals surface area contributed by atoms with E-state index in [1.54, 1.807) is 0 Å². The summed E-state index contributed by atoms with van der Waals surface area (Å²) in [5.41, 5.74) is 0. The molecular weight excluding hydrogens is 873 g/mol. The summed E-state index contributed by atoms with van der Waals surface area (Å²) in [7, 11) is 0. The van der Waals surface area contributed by atoms with Crippen LogP contribution < -0.4 is 0 Å². The number of carbonyl (C=O) groups excluding carboxylic acids is 1. The van der Waals surface area contributed by atoms with Crippen molar-refractivity contribution in [3.8, 4) is 0 Å². The van der Waals surface area contributed by atoms with Crippen LogP contribution in [-0.4, -0.2) is 142 Å². The Kier molecular flexibility index (Phi) is 37.9. The highest BCUT2D eigenvalue weighted by molar-refractivity contribution is 5.69. The highest BCUT2D eigenvalue weighted by Gasteiger charge is 2.47. The van der Waals surface area contributed by atoms with Gasteiger partial charge in [-0.1, -0.05) is 159 Å². The molecule has 11 atom stereocenters. The monoisotopic (exact) mass is 969 g/mol. The van der Waals surface area contributed by atoms with E-state index in [-0.39, 0.29) is 25.6 Å². The topological polar surface area (TPSA) is 214 Å². The maximum Gasteiger partial charge on any atom is 0.306 e. The molecule has 14 heteroatoms. The number of aliphatic hydroxyl groups excluding tert-OH is 7. The second-order valence-electron chi connectivity index (χ2n) is 18.7. The second kappa shape index (κ2) is 41.6. The number of hydrogen-bond acceptors (Lipinski definition) is 14. The van der Waals surface area contributed by atoms with Gasteiger partial charge in [-0.25, -0.2) is 0 Å². The minimum absolute atomic E-state index is 0.0527. The summed E-state index contributed by atoms with van der Waals surface area (Å²) in [6.07, 6.45) is 31.7. The molecule has 68 heavy (non-hydrogen) atoms. The third-order valence-electron chi connectivity index (χ3n) is 12.6. The Morgan fingerprint density at radius 2 is 0.956 bits per heavy atom. The number of carbonyl (C=O) groups is 1. The van der Waals surface area contributed by atoms with Crippen LogP contribution in [0.3, 0.4) is 0 Å². The van der Waals surface area contributed by atoms with Crippen LogP contribution in [0.1, 0.15) is 187 Å². The molecule has 0 aliphatic carbocycles. The Labute approximate surface area is 410 Å². The molecule has 14 nitrogen and oxygen atoms in total. The van der Waals surface area contributed by atoms with E-state index in [1.807, 2.05) is 0 Å².